The van der Waals surface area contributed by atoms with E-state index in [1.165, 1.54) is 12.1 Å². The van der Waals surface area contributed by atoms with Gasteiger partial charge in [0.25, 0.3) is 0 Å². The van der Waals surface area contributed by atoms with Crippen LogP contribution >= 0.6 is 0 Å². The fourth-order valence-electron chi connectivity index (χ4n) is 8.57. The highest BCUT2D eigenvalue weighted by molar-refractivity contribution is 6.24. The Balaban J connectivity index is 1.37. The van der Waals surface area contributed by atoms with Crippen molar-refractivity contribution in [1.29, 1.82) is 0 Å². The van der Waals surface area contributed by atoms with E-state index >= 15 is 4.79 Å². The second kappa shape index (κ2) is 12.8. The second-order valence-electron chi connectivity index (χ2n) is 13.4. The molecule has 1 spiro atoms. The SMILES string of the molecule is C[C@@H](NC(=O)N1C(=O)[C@@]2(c3ccccc31)[C@H](C(=O)O)[C@H]1C(=O)O[C@H](c3ccccc3)[C@H](c3ccccc3)N1[C@@H]2c1ccc(O)cc1)c1ccccc1. The minimum absolute atomic E-state index is 0.0315. The van der Waals surface area contributed by atoms with E-state index in [2.05, 4.69) is 5.32 Å². The van der Waals surface area contributed by atoms with E-state index in [-0.39, 0.29) is 11.4 Å². The number of aromatic hydroxyl groups is 1. The van der Waals surface area contributed by atoms with Crippen molar-refractivity contribution in [2.75, 3.05) is 4.90 Å². The van der Waals surface area contributed by atoms with Crippen molar-refractivity contribution in [3.05, 3.63) is 167 Å². The summed E-state index contributed by atoms with van der Waals surface area (Å²) < 4.78 is 6.25. The maximum absolute atomic E-state index is 15.5. The molecule has 0 saturated carbocycles. The predicted octanol–water partition coefficient (Wildman–Crippen LogP) is 6.61. The number of phenolic OH excluding ortho intramolecular Hbond substituents is 1. The van der Waals surface area contributed by atoms with Gasteiger partial charge in [-0.2, -0.15) is 0 Å². The topological polar surface area (TPSA) is 136 Å². The van der Waals surface area contributed by atoms with E-state index in [0.29, 0.717) is 16.7 Å². The first-order valence-corrected chi connectivity index (χ1v) is 17.1. The van der Waals surface area contributed by atoms with Crippen molar-refractivity contribution in [1.82, 2.24) is 10.2 Å². The molecule has 5 aromatic rings. The molecule has 8 rings (SSSR count). The quantitative estimate of drug-likeness (QED) is 0.169. The smallest absolute Gasteiger partial charge is 0.329 e. The molecular weight excluding hydrogens is 658 g/mol. The number of para-hydroxylation sites is 1. The monoisotopic (exact) mass is 693 g/mol. The minimum Gasteiger partial charge on any atom is -0.508 e. The lowest BCUT2D eigenvalue weighted by Crippen LogP contribution is -2.54. The summed E-state index contributed by atoms with van der Waals surface area (Å²) in [6.07, 6.45) is -0.880. The number of phenols is 1. The number of urea groups is 1. The van der Waals surface area contributed by atoms with E-state index in [4.69, 9.17) is 4.74 Å². The van der Waals surface area contributed by atoms with Gasteiger partial charge in [-0.05, 0) is 52.9 Å². The summed E-state index contributed by atoms with van der Waals surface area (Å²) in [4.78, 5) is 61.0. The molecule has 0 radical (unpaired) electrons. The number of benzene rings is 5. The van der Waals surface area contributed by atoms with Crippen LogP contribution in [0.3, 0.4) is 0 Å². The molecule has 2 saturated heterocycles. The molecular formula is C42H35N3O7. The van der Waals surface area contributed by atoms with Gasteiger partial charge in [0.1, 0.15) is 29.2 Å². The van der Waals surface area contributed by atoms with Gasteiger partial charge >= 0.3 is 18.0 Å². The molecule has 2 fully saturated rings. The van der Waals surface area contributed by atoms with E-state index in [1.807, 2.05) is 95.9 Å². The number of anilines is 1. The summed E-state index contributed by atoms with van der Waals surface area (Å²) in [6.45, 7) is 1.80. The molecule has 10 nitrogen and oxygen atoms in total. The Labute approximate surface area is 299 Å². The number of imide groups is 1. The van der Waals surface area contributed by atoms with Crippen molar-refractivity contribution in [2.45, 2.75) is 42.6 Å². The maximum Gasteiger partial charge on any atom is 0.329 e. The van der Waals surface area contributed by atoms with Gasteiger partial charge in [0.15, 0.2) is 0 Å². The van der Waals surface area contributed by atoms with Gasteiger partial charge in [-0.3, -0.25) is 19.3 Å². The third-order valence-corrected chi connectivity index (χ3v) is 10.7. The van der Waals surface area contributed by atoms with Gasteiger partial charge in [-0.15, -0.1) is 0 Å². The fraction of sp³-hybridized carbons (Fsp3) is 0.190. The Morgan fingerprint density at radius 3 is 1.94 bits per heavy atom. The molecule has 260 valence electrons. The lowest BCUT2D eigenvalue weighted by Gasteiger charge is -2.46. The van der Waals surface area contributed by atoms with Crippen LogP contribution in [0.1, 0.15) is 59.0 Å². The molecule has 52 heavy (non-hydrogen) atoms. The van der Waals surface area contributed by atoms with Crippen LogP contribution in [0, 0.1) is 5.92 Å². The number of hydrogen-bond donors (Lipinski definition) is 3. The van der Waals surface area contributed by atoms with Gasteiger partial charge in [0, 0.05) is 0 Å². The number of aliphatic carboxylic acids is 1. The zero-order valence-corrected chi connectivity index (χ0v) is 28.1. The molecule has 0 aliphatic carbocycles. The highest BCUT2D eigenvalue weighted by Crippen LogP contribution is 2.65. The second-order valence-corrected chi connectivity index (χ2v) is 13.4. The molecule has 3 amide bonds. The van der Waals surface area contributed by atoms with E-state index < -0.39 is 65.5 Å². The summed E-state index contributed by atoms with van der Waals surface area (Å²) in [5, 5.41) is 24.6. The average Bonchev–Trinajstić information content (AvgIpc) is 3.63. The van der Waals surface area contributed by atoms with Gasteiger partial charge in [-0.1, -0.05) is 121 Å². The van der Waals surface area contributed by atoms with E-state index in [9.17, 15) is 24.6 Å². The number of morpholine rings is 1. The summed E-state index contributed by atoms with van der Waals surface area (Å²) in [7, 11) is 0. The first kappa shape index (κ1) is 32.9. The fourth-order valence-corrected chi connectivity index (χ4v) is 8.57. The molecule has 3 aliphatic heterocycles. The van der Waals surface area contributed by atoms with Crippen LogP contribution in [0.5, 0.6) is 5.75 Å². The summed E-state index contributed by atoms with van der Waals surface area (Å²) in [5.74, 6) is -4.67. The first-order chi connectivity index (χ1) is 25.2. The van der Waals surface area contributed by atoms with Crippen LogP contribution in [0.2, 0.25) is 0 Å². The number of carboxylic acids is 1. The molecule has 3 heterocycles. The molecule has 0 unspecified atom stereocenters. The normalized spacial score (nSPS) is 25.6. The van der Waals surface area contributed by atoms with Crippen molar-refractivity contribution >= 4 is 29.6 Å². The molecule has 0 bridgehead atoms. The summed E-state index contributed by atoms with van der Waals surface area (Å²) in [5.41, 5.74) is 1.27. The summed E-state index contributed by atoms with van der Waals surface area (Å²) >= 11 is 0. The Morgan fingerprint density at radius 2 is 1.31 bits per heavy atom. The Bertz CT molecular complexity index is 2160. The first-order valence-electron chi connectivity index (χ1n) is 17.1. The van der Waals surface area contributed by atoms with Gasteiger partial charge in [0.05, 0.1) is 23.8 Å². The number of carbonyl (C=O) groups is 4. The molecule has 10 heteroatoms. The van der Waals surface area contributed by atoms with Crippen LogP contribution in [0.4, 0.5) is 10.5 Å². The number of rotatable bonds is 6. The molecule has 5 aromatic carbocycles. The molecule has 0 aromatic heterocycles. The van der Waals surface area contributed by atoms with Crippen LogP contribution in [0.15, 0.2) is 140 Å². The highest BCUT2D eigenvalue weighted by Gasteiger charge is 2.75. The maximum atomic E-state index is 15.5. The number of amides is 3. The molecule has 3 aliphatic rings. The van der Waals surface area contributed by atoms with Crippen molar-refractivity contribution in [3.8, 4) is 5.75 Å². The van der Waals surface area contributed by atoms with E-state index in [0.717, 1.165) is 16.0 Å². The van der Waals surface area contributed by atoms with Gasteiger partial charge < -0.3 is 20.3 Å². The van der Waals surface area contributed by atoms with Crippen LogP contribution in [-0.4, -0.2) is 45.0 Å². The van der Waals surface area contributed by atoms with Crippen LogP contribution < -0.4 is 10.2 Å². The average molecular weight is 694 g/mol. The largest absolute Gasteiger partial charge is 0.508 e. The number of carbonyl (C=O) groups excluding carboxylic acids is 3. The number of cyclic esters (lactones) is 1. The minimum atomic E-state index is -1.99. The Kier molecular flexibility index (Phi) is 8.11. The standard InChI is InChI=1S/C42H35N3O7/c1-25(26-13-5-2-6-14-26)43-41(51)44-32-20-12-11-19-31(32)42(40(44)50)33(38(47)48)35-39(49)52-36(28-17-9-4-10-18-28)34(27-15-7-3-8-16-27)45(35)37(42)29-21-23-30(46)24-22-29/h2-25,33-37,46H,1H3,(H,43,51)(H,47,48)/t25-,33+,34+,35+,36-,37-,42+/m1/s1. The van der Waals surface area contributed by atoms with Gasteiger partial charge in [-0.25, -0.2) is 9.69 Å². The van der Waals surface area contributed by atoms with Crippen LogP contribution in [0.25, 0.3) is 0 Å². The van der Waals surface area contributed by atoms with E-state index in [1.54, 1.807) is 43.3 Å². The highest BCUT2D eigenvalue weighted by atomic mass is 16.6. The number of fused-ring (bicyclic) bond motifs is 3. The number of ether oxygens (including phenoxy) is 1. The predicted molar refractivity (Wildman–Crippen MR) is 191 cm³/mol. The zero-order chi connectivity index (χ0) is 36.1. The Hall–Kier alpha value is -6.26. The number of nitrogens with zero attached hydrogens (tertiary/aromatic N) is 2. The number of nitrogens with one attached hydrogen (secondary N) is 1. The lowest BCUT2D eigenvalue weighted by atomic mass is 9.65. The number of hydrogen-bond acceptors (Lipinski definition) is 7. The lowest BCUT2D eigenvalue weighted by molar-refractivity contribution is -0.179. The molecule has 7 atom stereocenters. The Morgan fingerprint density at radius 1 is 0.731 bits per heavy atom. The third-order valence-electron chi connectivity index (χ3n) is 10.7. The number of esters is 1. The van der Waals surface area contributed by atoms with Crippen molar-refractivity contribution < 1.29 is 34.1 Å². The summed E-state index contributed by atoms with van der Waals surface area (Å²) in [6, 6.07) is 36.2. The van der Waals surface area contributed by atoms with Crippen molar-refractivity contribution in [2.24, 2.45) is 5.92 Å². The van der Waals surface area contributed by atoms with Crippen LogP contribution in [-0.2, 0) is 24.5 Å². The van der Waals surface area contributed by atoms with Gasteiger partial charge in [0.2, 0.25) is 5.91 Å². The van der Waals surface area contributed by atoms with Crippen molar-refractivity contribution in [3.63, 3.8) is 0 Å². The molecule has 3 N–H and O–H groups in total. The third kappa shape index (κ3) is 4.97. The zero-order valence-electron chi connectivity index (χ0n) is 28.1. The number of carboxylic acid groups (broad SMARTS) is 1.